The molecule has 0 fully saturated rings. The molecule has 0 unspecified atom stereocenters. The fraction of sp³-hybridized carbons (Fsp3) is 0.375. The van der Waals surface area contributed by atoms with E-state index in [4.69, 9.17) is 4.74 Å². The predicted molar refractivity (Wildman–Crippen MR) is 92.8 cm³/mol. The molecule has 1 heterocycles. The highest BCUT2D eigenvalue weighted by molar-refractivity contribution is 7.09. The van der Waals surface area contributed by atoms with E-state index in [9.17, 15) is 14.9 Å². The van der Waals surface area contributed by atoms with Crippen molar-refractivity contribution in [1.82, 2.24) is 4.98 Å². The Morgan fingerprint density at radius 2 is 2.12 bits per heavy atom. The quantitative estimate of drug-likeness (QED) is 0.658. The second kappa shape index (κ2) is 6.96. The minimum atomic E-state index is -0.557. The summed E-state index contributed by atoms with van der Waals surface area (Å²) in [5, 5.41) is 16.5. The number of methoxy groups -OCH3 is 1. The highest BCUT2D eigenvalue weighted by Gasteiger charge is 2.20. The number of nitrogens with one attached hydrogen (secondary N) is 1. The van der Waals surface area contributed by atoms with Crippen LogP contribution in [0.1, 0.15) is 31.5 Å². The maximum Gasteiger partial charge on any atom is 0.296 e. The first-order valence-corrected chi connectivity index (χ1v) is 8.16. The van der Waals surface area contributed by atoms with Crippen LogP contribution in [0.4, 0.5) is 11.4 Å². The molecule has 0 atom stereocenters. The number of thiazole rings is 1. The smallest absolute Gasteiger partial charge is 0.296 e. The highest BCUT2D eigenvalue weighted by atomic mass is 32.1. The number of anilines is 1. The topological polar surface area (TPSA) is 94.4 Å². The summed E-state index contributed by atoms with van der Waals surface area (Å²) in [7, 11) is 1.42. The first-order chi connectivity index (χ1) is 11.2. The number of carbonyl (C=O) groups is 1. The van der Waals surface area contributed by atoms with E-state index in [-0.39, 0.29) is 29.1 Å². The standard InChI is InChI=1S/C16H19N3O4S/c1-16(2,3)15-17-10(9-24-15)7-14(20)18-12-6-5-11(23-4)8-13(12)19(21)22/h5-6,8-9H,7H2,1-4H3,(H,18,20). The lowest BCUT2D eigenvalue weighted by molar-refractivity contribution is -0.384. The zero-order valence-corrected chi connectivity index (χ0v) is 14.8. The number of carbonyl (C=O) groups excluding carboxylic acids is 1. The van der Waals surface area contributed by atoms with Crippen molar-refractivity contribution in [1.29, 1.82) is 0 Å². The molecule has 1 amide bonds. The molecule has 0 saturated carbocycles. The van der Waals surface area contributed by atoms with Crippen molar-refractivity contribution in [3.8, 4) is 5.75 Å². The molecule has 7 nitrogen and oxygen atoms in total. The van der Waals surface area contributed by atoms with Gasteiger partial charge in [0.25, 0.3) is 5.69 Å². The van der Waals surface area contributed by atoms with Crippen molar-refractivity contribution < 1.29 is 14.5 Å². The van der Waals surface area contributed by atoms with E-state index in [2.05, 4.69) is 31.1 Å². The number of benzene rings is 1. The van der Waals surface area contributed by atoms with Crippen molar-refractivity contribution in [3.05, 3.63) is 44.4 Å². The number of nitro benzene ring substituents is 1. The van der Waals surface area contributed by atoms with Crippen LogP contribution in [-0.4, -0.2) is 22.9 Å². The Balaban J connectivity index is 2.12. The van der Waals surface area contributed by atoms with E-state index >= 15 is 0 Å². The molecule has 2 aromatic rings. The van der Waals surface area contributed by atoms with Gasteiger partial charge in [-0.1, -0.05) is 20.8 Å². The summed E-state index contributed by atoms with van der Waals surface area (Å²) < 4.78 is 4.97. The van der Waals surface area contributed by atoms with Gasteiger partial charge in [0.2, 0.25) is 5.91 Å². The number of hydrogen-bond acceptors (Lipinski definition) is 6. The van der Waals surface area contributed by atoms with E-state index < -0.39 is 4.92 Å². The summed E-state index contributed by atoms with van der Waals surface area (Å²) in [6, 6.07) is 4.29. The summed E-state index contributed by atoms with van der Waals surface area (Å²) in [6.45, 7) is 6.16. The first kappa shape index (κ1) is 17.9. The first-order valence-electron chi connectivity index (χ1n) is 7.28. The van der Waals surface area contributed by atoms with Crippen LogP contribution in [0, 0.1) is 10.1 Å². The highest BCUT2D eigenvalue weighted by Crippen LogP contribution is 2.29. The summed E-state index contributed by atoms with van der Waals surface area (Å²) in [4.78, 5) is 27.2. The number of hydrogen-bond donors (Lipinski definition) is 1. The van der Waals surface area contributed by atoms with Crippen LogP contribution in [0.3, 0.4) is 0 Å². The summed E-state index contributed by atoms with van der Waals surface area (Å²) in [5.74, 6) is 0.00282. The lowest BCUT2D eigenvalue weighted by Gasteiger charge is -2.13. The van der Waals surface area contributed by atoms with E-state index in [1.54, 1.807) is 6.07 Å². The minimum absolute atomic E-state index is 0.0652. The third-order valence-corrected chi connectivity index (χ3v) is 4.53. The summed E-state index contributed by atoms with van der Waals surface area (Å²) in [6.07, 6.45) is 0.0652. The molecule has 128 valence electrons. The van der Waals surface area contributed by atoms with Crippen molar-refractivity contribution >= 4 is 28.6 Å². The molecule has 1 aromatic carbocycles. The maximum atomic E-state index is 12.2. The Kier molecular flexibility index (Phi) is 5.18. The van der Waals surface area contributed by atoms with Gasteiger partial charge in [0.05, 0.1) is 35.2 Å². The maximum absolute atomic E-state index is 12.2. The summed E-state index contributed by atoms with van der Waals surface area (Å²) >= 11 is 1.50. The van der Waals surface area contributed by atoms with Crippen LogP contribution >= 0.6 is 11.3 Å². The largest absolute Gasteiger partial charge is 0.496 e. The molecule has 2 rings (SSSR count). The molecule has 0 radical (unpaired) electrons. The molecule has 0 saturated heterocycles. The molecule has 0 bridgehead atoms. The second-order valence-corrected chi connectivity index (χ2v) is 7.12. The Bertz CT molecular complexity index is 765. The Morgan fingerprint density at radius 1 is 1.42 bits per heavy atom. The van der Waals surface area contributed by atoms with Gasteiger partial charge in [0.15, 0.2) is 0 Å². The fourth-order valence-electron chi connectivity index (χ4n) is 1.99. The number of rotatable bonds is 5. The number of nitrogens with zero attached hydrogens (tertiary/aromatic N) is 2. The van der Waals surface area contributed by atoms with E-state index in [0.717, 1.165) is 5.01 Å². The van der Waals surface area contributed by atoms with Crippen LogP contribution in [-0.2, 0) is 16.6 Å². The molecule has 0 aliphatic rings. The van der Waals surface area contributed by atoms with Crippen LogP contribution in [0.2, 0.25) is 0 Å². The fourth-order valence-corrected chi connectivity index (χ4v) is 2.89. The molecule has 1 aromatic heterocycles. The van der Waals surface area contributed by atoms with Crippen molar-refractivity contribution in [3.63, 3.8) is 0 Å². The van der Waals surface area contributed by atoms with Gasteiger partial charge in [0.1, 0.15) is 11.4 Å². The van der Waals surface area contributed by atoms with E-state index in [0.29, 0.717) is 11.4 Å². The molecule has 0 spiro atoms. The average Bonchev–Trinajstić information content (AvgIpc) is 2.95. The Hall–Kier alpha value is -2.48. The number of nitro groups is 1. The van der Waals surface area contributed by atoms with E-state index in [1.807, 2.05) is 5.38 Å². The predicted octanol–water partition coefficient (Wildman–Crippen LogP) is 3.54. The monoisotopic (exact) mass is 349 g/mol. The van der Waals surface area contributed by atoms with Gasteiger partial charge in [-0.2, -0.15) is 0 Å². The Morgan fingerprint density at radius 3 is 2.67 bits per heavy atom. The second-order valence-electron chi connectivity index (χ2n) is 6.26. The average molecular weight is 349 g/mol. The molecular weight excluding hydrogens is 330 g/mol. The molecule has 0 aliphatic carbocycles. The van der Waals surface area contributed by atoms with Crippen molar-refractivity contribution in [2.75, 3.05) is 12.4 Å². The third kappa shape index (κ3) is 4.29. The summed E-state index contributed by atoms with van der Waals surface area (Å²) in [5.41, 5.74) is 0.501. The van der Waals surface area contributed by atoms with Crippen molar-refractivity contribution in [2.24, 2.45) is 0 Å². The molecule has 0 aliphatic heterocycles. The lowest BCUT2D eigenvalue weighted by atomic mass is 9.98. The lowest BCUT2D eigenvalue weighted by Crippen LogP contribution is -2.16. The van der Waals surface area contributed by atoms with Gasteiger partial charge in [0, 0.05) is 10.8 Å². The van der Waals surface area contributed by atoms with Gasteiger partial charge in [-0.25, -0.2) is 4.98 Å². The zero-order valence-electron chi connectivity index (χ0n) is 14.0. The zero-order chi connectivity index (χ0) is 17.9. The molecule has 8 heteroatoms. The van der Waals surface area contributed by atoms with Crippen LogP contribution in [0.25, 0.3) is 0 Å². The number of amides is 1. The number of aromatic nitrogens is 1. The van der Waals surface area contributed by atoms with Gasteiger partial charge in [-0.05, 0) is 12.1 Å². The number of ether oxygens (including phenoxy) is 1. The minimum Gasteiger partial charge on any atom is -0.496 e. The van der Waals surface area contributed by atoms with Gasteiger partial charge in [-0.15, -0.1) is 11.3 Å². The van der Waals surface area contributed by atoms with Crippen LogP contribution < -0.4 is 10.1 Å². The molecular formula is C16H19N3O4S. The van der Waals surface area contributed by atoms with Crippen molar-refractivity contribution in [2.45, 2.75) is 32.6 Å². The van der Waals surface area contributed by atoms with Gasteiger partial charge >= 0.3 is 0 Å². The van der Waals surface area contributed by atoms with Gasteiger partial charge < -0.3 is 10.1 Å². The van der Waals surface area contributed by atoms with Crippen LogP contribution in [0.5, 0.6) is 5.75 Å². The third-order valence-electron chi connectivity index (χ3n) is 3.21. The Labute approximate surface area is 143 Å². The van der Waals surface area contributed by atoms with Crippen LogP contribution in [0.15, 0.2) is 23.6 Å². The SMILES string of the molecule is COc1ccc(NC(=O)Cc2csc(C(C)(C)C)n2)c([N+](=O)[O-])c1. The van der Waals surface area contributed by atoms with E-state index in [1.165, 1.54) is 30.6 Å². The molecule has 24 heavy (non-hydrogen) atoms. The molecule has 1 N–H and O–H groups in total. The normalized spacial score (nSPS) is 11.2. The van der Waals surface area contributed by atoms with Gasteiger partial charge in [-0.3, -0.25) is 14.9 Å².